The fourth-order valence-corrected chi connectivity index (χ4v) is 8.45. The van der Waals surface area contributed by atoms with Gasteiger partial charge in [-0.2, -0.15) is 0 Å². The summed E-state index contributed by atoms with van der Waals surface area (Å²) in [6, 6.07) is 88.9. The molecule has 10 rings (SSSR count). The van der Waals surface area contributed by atoms with Crippen molar-refractivity contribution in [2.24, 2.45) is 0 Å². The molecule has 0 spiro atoms. The van der Waals surface area contributed by atoms with Gasteiger partial charge in [-0.1, -0.05) is 254 Å². The van der Waals surface area contributed by atoms with E-state index in [0.29, 0.717) is 0 Å². The van der Waals surface area contributed by atoms with Crippen LogP contribution in [-0.4, -0.2) is 0 Å². The Hall–Kier alpha value is -7.51. The molecule has 0 saturated carbocycles. The minimum absolute atomic E-state index is 0.745. The Morgan fingerprint density at radius 2 is 0.344 bits per heavy atom. The third-order valence-corrected chi connectivity index (χ3v) is 12.0. The molecule has 0 bridgehead atoms. The number of hydrogen-bond acceptors (Lipinski definition) is 0. The molecule has 0 aliphatic rings. The second-order valence-electron chi connectivity index (χ2n) is 15.5. The normalized spacial score (nSPS) is 11.0. The van der Waals surface area contributed by atoms with Gasteiger partial charge in [0.15, 0.2) is 0 Å². The van der Waals surface area contributed by atoms with Crippen molar-refractivity contribution in [3.63, 3.8) is 0 Å². The standard InChI is InChI=1S/C60H41Cl/c61-60-41-58(39-40-59(60)57-37-35-45(36-38-57)43-9-5-2-6-10-43)56-33-31-55(32-34-56)54-29-27-53(28-30-54)52-25-23-51(24-26-52)50-21-19-49(20-22-50)48-17-15-47(16-18-48)46-13-11-44(12-14-46)42-7-3-1-4-8-42/h1-41H. The third-order valence-electron chi connectivity index (χ3n) is 11.7. The zero-order valence-electron chi connectivity index (χ0n) is 33.5. The molecule has 10 aromatic rings. The van der Waals surface area contributed by atoms with E-state index in [2.05, 4.69) is 243 Å². The number of hydrogen-bond donors (Lipinski definition) is 0. The van der Waals surface area contributed by atoms with Crippen LogP contribution in [0.1, 0.15) is 0 Å². The highest BCUT2D eigenvalue weighted by Gasteiger charge is 2.09. The van der Waals surface area contributed by atoms with Gasteiger partial charge in [0.2, 0.25) is 0 Å². The molecule has 0 N–H and O–H groups in total. The highest BCUT2D eigenvalue weighted by atomic mass is 35.5. The summed E-state index contributed by atoms with van der Waals surface area (Å²) < 4.78 is 0. The summed E-state index contributed by atoms with van der Waals surface area (Å²) in [6.45, 7) is 0. The van der Waals surface area contributed by atoms with Crippen LogP contribution in [0.4, 0.5) is 0 Å². The topological polar surface area (TPSA) is 0 Å². The summed E-state index contributed by atoms with van der Waals surface area (Å²) in [6.07, 6.45) is 0. The first-order valence-electron chi connectivity index (χ1n) is 20.7. The van der Waals surface area contributed by atoms with Crippen LogP contribution in [0.15, 0.2) is 249 Å². The Balaban J connectivity index is 0.767. The molecule has 0 aromatic heterocycles. The lowest BCUT2D eigenvalue weighted by atomic mass is 9.95. The van der Waals surface area contributed by atoms with Crippen molar-refractivity contribution in [3.05, 3.63) is 254 Å². The van der Waals surface area contributed by atoms with E-state index in [9.17, 15) is 0 Å². The number of rotatable bonds is 9. The second-order valence-corrected chi connectivity index (χ2v) is 15.9. The Kier molecular flexibility index (Phi) is 10.5. The molecular formula is C60H41Cl. The van der Waals surface area contributed by atoms with Gasteiger partial charge in [0, 0.05) is 10.6 Å². The van der Waals surface area contributed by atoms with Crippen molar-refractivity contribution in [2.45, 2.75) is 0 Å². The highest BCUT2D eigenvalue weighted by Crippen LogP contribution is 2.35. The van der Waals surface area contributed by atoms with E-state index in [-0.39, 0.29) is 0 Å². The van der Waals surface area contributed by atoms with Crippen molar-refractivity contribution in [1.29, 1.82) is 0 Å². The van der Waals surface area contributed by atoms with Crippen LogP contribution >= 0.6 is 11.6 Å². The van der Waals surface area contributed by atoms with E-state index in [1.807, 2.05) is 6.07 Å². The number of halogens is 1. The predicted molar refractivity (Wildman–Crippen MR) is 260 cm³/mol. The maximum atomic E-state index is 6.86. The zero-order chi connectivity index (χ0) is 41.0. The number of benzene rings is 10. The largest absolute Gasteiger partial charge is 0.0836 e. The fraction of sp³-hybridized carbons (Fsp3) is 0. The van der Waals surface area contributed by atoms with Gasteiger partial charge >= 0.3 is 0 Å². The van der Waals surface area contributed by atoms with Crippen LogP contribution in [0.2, 0.25) is 5.02 Å². The lowest BCUT2D eigenvalue weighted by molar-refractivity contribution is 1.56. The molecule has 0 radical (unpaired) electrons. The van der Waals surface area contributed by atoms with Crippen LogP contribution in [0.25, 0.3) is 100 Å². The van der Waals surface area contributed by atoms with Crippen LogP contribution < -0.4 is 0 Å². The van der Waals surface area contributed by atoms with Gasteiger partial charge < -0.3 is 0 Å². The van der Waals surface area contributed by atoms with Gasteiger partial charge in [0.05, 0.1) is 0 Å². The van der Waals surface area contributed by atoms with Gasteiger partial charge in [-0.3, -0.25) is 0 Å². The molecule has 0 aliphatic heterocycles. The Bertz CT molecular complexity index is 3020. The van der Waals surface area contributed by atoms with Crippen molar-refractivity contribution in [3.8, 4) is 100 Å². The van der Waals surface area contributed by atoms with Crippen molar-refractivity contribution < 1.29 is 0 Å². The smallest absolute Gasteiger partial charge is 0.0490 e. The summed E-state index contributed by atoms with van der Waals surface area (Å²) in [4.78, 5) is 0. The highest BCUT2D eigenvalue weighted by molar-refractivity contribution is 6.33. The third kappa shape index (κ3) is 8.23. The van der Waals surface area contributed by atoms with Crippen LogP contribution in [0.5, 0.6) is 0 Å². The Morgan fingerprint density at radius 3 is 0.574 bits per heavy atom. The van der Waals surface area contributed by atoms with E-state index in [1.54, 1.807) is 0 Å². The molecule has 0 atom stereocenters. The first-order chi connectivity index (χ1) is 30.1. The van der Waals surface area contributed by atoms with Crippen LogP contribution in [0, 0.1) is 0 Å². The minimum Gasteiger partial charge on any atom is -0.0836 e. The Morgan fingerprint density at radius 1 is 0.164 bits per heavy atom. The van der Waals surface area contributed by atoms with Crippen LogP contribution in [-0.2, 0) is 0 Å². The molecule has 0 heterocycles. The summed E-state index contributed by atoms with van der Waals surface area (Å²) >= 11 is 6.86. The van der Waals surface area contributed by atoms with Gasteiger partial charge in [-0.05, 0) is 101 Å². The van der Waals surface area contributed by atoms with E-state index in [4.69, 9.17) is 11.6 Å². The van der Waals surface area contributed by atoms with Crippen molar-refractivity contribution in [1.82, 2.24) is 0 Å². The van der Waals surface area contributed by atoms with Crippen molar-refractivity contribution in [2.75, 3.05) is 0 Å². The summed E-state index contributed by atoms with van der Waals surface area (Å²) in [7, 11) is 0. The molecule has 0 unspecified atom stereocenters. The molecule has 288 valence electrons. The molecule has 0 amide bonds. The molecular weight excluding hydrogens is 756 g/mol. The quantitative estimate of drug-likeness (QED) is 0.136. The summed E-state index contributed by atoms with van der Waals surface area (Å²) in [5.74, 6) is 0. The lowest BCUT2D eigenvalue weighted by Gasteiger charge is -2.10. The zero-order valence-corrected chi connectivity index (χ0v) is 34.3. The van der Waals surface area contributed by atoms with Gasteiger partial charge in [0.25, 0.3) is 0 Å². The van der Waals surface area contributed by atoms with E-state index >= 15 is 0 Å². The minimum atomic E-state index is 0.745. The monoisotopic (exact) mass is 796 g/mol. The maximum Gasteiger partial charge on any atom is 0.0490 e. The average molecular weight is 797 g/mol. The van der Waals surface area contributed by atoms with Gasteiger partial charge in [-0.15, -0.1) is 0 Å². The second kappa shape index (κ2) is 17.0. The van der Waals surface area contributed by atoms with E-state index < -0.39 is 0 Å². The maximum absolute atomic E-state index is 6.86. The van der Waals surface area contributed by atoms with Gasteiger partial charge in [0.1, 0.15) is 0 Å². The Labute approximate surface area is 363 Å². The molecule has 0 saturated heterocycles. The first-order valence-corrected chi connectivity index (χ1v) is 21.1. The molecule has 10 aromatic carbocycles. The average Bonchev–Trinajstić information content (AvgIpc) is 3.35. The molecule has 0 aliphatic carbocycles. The van der Waals surface area contributed by atoms with Crippen LogP contribution in [0.3, 0.4) is 0 Å². The molecule has 61 heavy (non-hydrogen) atoms. The predicted octanol–water partition coefficient (Wildman–Crippen LogP) is 17.3. The molecule has 0 nitrogen and oxygen atoms in total. The van der Waals surface area contributed by atoms with Crippen molar-refractivity contribution >= 4 is 11.6 Å². The van der Waals surface area contributed by atoms with Gasteiger partial charge in [-0.25, -0.2) is 0 Å². The van der Waals surface area contributed by atoms with E-state index in [0.717, 1.165) is 27.3 Å². The summed E-state index contributed by atoms with van der Waals surface area (Å²) in [5.41, 5.74) is 21.3. The fourth-order valence-electron chi connectivity index (χ4n) is 8.16. The van der Waals surface area contributed by atoms with E-state index in [1.165, 1.54) is 77.9 Å². The summed E-state index contributed by atoms with van der Waals surface area (Å²) in [5, 5.41) is 0.745. The first kappa shape index (κ1) is 37.7. The lowest BCUT2D eigenvalue weighted by Crippen LogP contribution is -1.85. The molecule has 1 heteroatoms. The SMILES string of the molecule is Clc1cc(-c2ccc(-c3ccc(-c4ccc(-c5ccc(-c6ccc(-c7ccc(-c8ccccc8)cc7)cc6)cc5)cc4)cc3)cc2)ccc1-c1ccc(-c2ccccc2)cc1. The molecule has 0 fully saturated rings.